The zero-order chi connectivity index (χ0) is 17.8. The van der Waals surface area contributed by atoms with Crippen LogP contribution in [0.2, 0.25) is 0 Å². The second-order valence-corrected chi connectivity index (χ2v) is 6.23. The molecule has 3 rings (SSSR count). The van der Waals surface area contributed by atoms with E-state index in [9.17, 15) is 10.0 Å². The first-order chi connectivity index (χ1) is 12.1. The molecule has 0 spiro atoms. The van der Waals surface area contributed by atoms with Crippen LogP contribution >= 0.6 is 0 Å². The smallest absolute Gasteiger partial charge is 0.338 e. The minimum atomic E-state index is -0.848. The molecule has 25 heavy (non-hydrogen) atoms. The molecule has 132 valence electrons. The Morgan fingerprint density at radius 2 is 1.96 bits per heavy atom. The Balaban J connectivity index is 1.75. The van der Waals surface area contributed by atoms with Crippen LogP contribution in [0.4, 0.5) is 10.5 Å². The van der Waals surface area contributed by atoms with Crippen molar-refractivity contribution in [1.82, 2.24) is 5.06 Å². The number of carbonyl (C=O) groups excluding carboxylic acids is 1. The fourth-order valence-electron chi connectivity index (χ4n) is 3.19. The van der Waals surface area contributed by atoms with Gasteiger partial charge in [-0.15, -0.1) is 0 Å². The third kappa shape index (κ3) is 4.03. The van der Waals surface area contributed by atoms with Crippen molar-refractivity contribution < 1.29 is 14.7 Å². The number of urea groups is 1. The van der Waals surface area contributed by atoms with Gasteiger partial charge in [-0.25, -0.2) is 9.86 Å². The van der Waals surface area contributed by atoms with Gasteiger partial charge in [-0.2, -0.15) is 0 Å². The summed E-state index contributed by atoms with van der Waals surface area (Å²) in [6, 6.07) is 13.3. The highest BCUT2D eigenvalue weighted by Gasteiger charge is 2.18. The fraction of sp³-hybridized carbons (Fsp3) is 0.316. The van der Waals surface area contributed by atoms with Gasteiger partial charge in [0.2, 0.25) is 0 Å². The van der Waals surface area contributed by atoms with Gasteiger partial charge in [-0.3, -0.25) is 5.21 Å². The number of carbonyl (C=O) groups is 1. The summed E-state index contributed by atoms with van der Waals surface area (Å²) in [7, 11) is 1.67. The minimum Gasteiger partial charge on any atom is -0.497 e. The van der Waals surface area contributed by atoms with Gasteiger partial charge in [0.25, 0.3) is 0 Å². The summed E-state index contributed by atoms with van der Waals surface area (Å²) in [4.78, 5) is 13.3. The van der Waals surface area contributed by atoms with Crippen molar-refractivity contribution in [2.75, 3.05) is 18.6 Å². The number of nitrogens with two attached hydrogens (primary N) is 1. The number of methoxy groups -OCH3 is 1. The molecule has 0 fully saturated rings. The van der Waals surface area contributed by atoms with Crippen LogP contribution < -0.4 is 15.4 Å². The van der Waals surface area contributed by atoms with E-state index in [1.54, 1.807) is 7.11 Å². The number of primary amides is 1. The summed E-state index contributed by atoms with van der Waals surface area (Å²) < 4.78 is 5.21. The quantitative estimate of drug-likeness (QED) is 0.647. The Bertz CT molecular complexity index is 746. The number of ether oxygens (including phenoxy) is 1. The number of benzene rings is 2. The summed E-state index contributed by atoms with van der Waals surface area (Å²) in [6.45, 7) is 1.94. The molecule has 0 atom stereocenters. The third-order valence-electron chi connectivity index (χ3n) is 4.48. The van der Waals surface area contributed by atoms with Crippen molar-refractivity contribution >= 4 is 11.7 Å². The van der Waals surface area contributed by atoms with Crippen molar-refractivity contribution in [1.29, 1.82) is 0 Å². The normalized spacial score (nSPS) is 13.3. The molecule has 0 bridgehead atoms. The molecule has 6 heteroatoms. The van der Waals surface area contributed by atoms with E-state index in [1.165, 1.54) is 16.8 Å². The van der Waals surface area contributed by atoms with E-state index >= 15 is 0 Å². The van der Waals surface area contributed by atoms with Gasteiger partial charge < -0.3 is 15.4 Å². The summed E-state index contributed by atoms with van der Waals surface area (Å²) in [5.74, 6) is 0.857. The second kappa shape index (κ2) is 7.44. The van der Waals surface area contributed by atoms with Crippen molar-refractivity contribution in [2.24, 2.45) is 5.73 Å². The molecule has 0 saturated heterocycles. The van der Waals surface area contributed by atoms with Gasteiger partial charge in [0, 0.05) is 18.8 Å². The monoisotopic (exact) mass is 341 g/mol. The van der Waals surface area contributed by atoms with E-state index in [0.717, 1.165) is 37.2 Å². The zero-order valence-electron chi connectivity index (χ0n) is 14.3. The van der Waals surface area contributed by atoms with Crippen LogP contribution in [-0.2, 0) is 19.5 Å². The lowest BCUT2D eigenvalue weighted by atomic mass is 9.98. The van der Waals surface area contributed by atoms with Crippen LogP contribution in [0.1, 0.15) is 23.1 Å². The maximum atomic E-state index is 11.0. The Morgan fingerprint density at radius 3 is 2.64 bits per heavy atom. The van der Waals surface area contributed by atoms with Crippen molar-refractivity contribution in [3.05, 3.63) is 59.2 Å². The highest BCUT2D eigenvalue weighted by atomic mass is 16.5. The van der Waals surface area contributed by atoms with E-state index in [1.807, 2.05) is 24.3 Å². The van der Waals surface area contributed by atoms with Crippen LogP contribution in [0.5, 0.6) is 5.75 Å². The number of hydroxylamine groups is 2. The molecule has 1 aliphatic rings. The van der Waals surface area contributed by atoms with E-state index in [-0.39, 0.29) is 6.54 Å². The minimum absolute atomic E-state index is 0.0983. The maximum absolute atomic E-state index is 11.0. The predicted octanol–water partition coefficient (Wildman–Crippen LogP) is 2.92. The van der Waals surface area contributed by atoms with Gasteiger partial charge in [0.05, 0.1) is 13.7 Å². The Labute approximate surface area is 147 Å². The SMILES string of the molecule is COc1ccc(CN2CCCc3cc(CN(O)C(N)=O)ccc32)cc1. The van der Waals surface area contributed by atoms with Crippen LogP contribution in [0, 0.1) is 0 Å². The Kier molecular flexibility index (Phi) is 5.09. The number of nitrogens with zero attached hydrogens (tertiary/aromatic N) is 2. The lowest BCUT2D eigenvalue weighted by Crippen LogP contribution is -2.32. The van der Waals surface area contributed by atoms with Crippen LogP contribution in [0.15, 0.2) is 42.5 Å². The fourth-order valence-corrected chi connectivity index (χ4v) is 3.19. The largest absolute Gasteiger partial charge is 0.497 e. The topological polar surface area (TPSA) is 79.0 Å². The van der Waals surface area contributed by atoms with Crippen LogP contribution in [0.3, 0.4) is 0 Å². The van der Waals surface area contributed by atoms with Crippen molar-refractivity contribution in [2.45, 2.75) is 25.9 Å². The Morgan fingerprint density at radius 1 is 1.24 bits per heavy atom. The number of hydrogen-bond donors (Lipinski definition) is 2. The average molecular weight is 341 g/mol. The summed E-state index contributed by atoms with van der Waals surface area (Å²) in [5, 5.41) is 10.0. The molecule has 0 aliphatic carbocycles. The lowest BCUT2D eigenvalue weighted by Gasteiger charge is -2.32. The van der Waals surface area contributed by atoms with E-state index in [4.69, 9.17) is 10.5 Å². The number of aryl methyl sites for hydroxylation is 1. The Hall–Kier alpha value is -2.73. The molecular weight excluding hydrogens is 318 g/mol. The molecule has 1 heterocycles. The molecule has 2 aromatic carbocycles. The molecule has 2 amide bonds. The average Bonchev–Trinajstić information content (AvgIpc) is 2.62. The number of rotatable bonds is 5. The standard InChI is InChI=1S/C19H23N3O3/c1-25-17-7-4-14(5-8-17)12-21-10-2-3-16-11-15(6-9-18(16)21)13-22(24)19(20)23/h4-9,11,24H,2-3,10,12-13H2,1H3,(H2,20,23). The molecule has 0 radical (unpaired) electrons. The van der Waals surface area contributed by atoms with Crippen LogP contribution in [0.25, 0.3) is 0 Å². The molecule has 3 N–H and O–H groups in total. The van der Waals surface area contributed by atoms with E-state index in [0.29, 0.717) is 5.06 Å². The highest BCUT2D eigenvalue weighted by Crippen LogP contribution is 2.30. The molecule has 0 saturated carbocycles. The van der Waals surface area contributed by atoms with E-state index in [2.05, 4.69) is 23.1 Å². The van der Waals surface area contributed by atoms with E-state index < -0.39 is 6.03 Å². The molecule has 2 aromatic rings. The predicted molar refractivity (Wildman–Crippen MR) is 95.7 cm³/mol. The van der Waals surface area contributed by atoms with Gasteiger partial charge in [-0.1, -0.05) is 24.3 Å². The summed E-state index contributed by atoms with van der Waals surface area (Å²) in [6.07, 6.45) is 2.07. The first-order valence-electron chi connectivity index (χ1n) is 8.32. The maximum Gasteiger partial charge on any atom is 0.338 e. The molecule has 6 nitrogen and oxygen atoms in total. The van der Waals surface area contributed by atoms with Crippen molar-refractivity contribution in [3.63, 3.8) is 0 Å². The lowest BCUT2D eigenvalue weighted by molar-refractivity contribution is -0.0470. The number of hydrogen-bond acceptors (Lipinski definition) is 4. The van der Waals surface area contributed by atoms with Gasteiger partial charge >= 0.3 is 6.03 Å². The molecule has 0 unspecified atom stereocenters. The number of anilines is 1. The molecular formula is C19H23N3O3. The summed E-state index contributed by atoms with van der Waals surface area (Å²) >= 11 is 0. The van der Waals surface area contributed by atoms with Gasteiger partial charge in [-0.05, 0) is 47.7 Å². The molecule has 1 aliphatic heterocycles. The summed E-state index contributed by atoms with van der Waals surface area (Å²) in [5.41, 5.74) is 9.60. The second-order valence-electron chi connectivity index (χ2n) is 6.23. The zero-order valence-corrected chi connectivity index (χ0v) is 14.3. The molecule has 0 aromatic heterocycles. The van der Waals surface area contributed by atoms with Crippen LogP contribution in [-0.4, -0.2) is 30.0 Å². The number of amides is 2. The highest BCUT2D eigenvalue weighted by molar-refractivity contribution is 5.70. The third-order valence-corrected chi connectivity index (χ3v) is 4.48. The first kappa shape index (κ1) is 17.1. The number of fused-ring (bicyclic) bond motifs is 1. The first-order valence-corrected chi connectivity index (χ1v) is 8.32. The van der Waals surface area contributed by atoms with Gasteiger partial charge in [0.1, 0.15) is 5.75 Å². The van der Waals surface area contributed by atoms with Gasteiger partial charge in [0.15, 0.2) is 0 Å². The van der Waals surface area contributed by atoms with Crippen molar-refractivity contribution in [3.8, 4) is 5.75 Å².